The van der Waals surface area contributed by atoms with E-state index in [2.05, 4.69) is 17.4 Å². The summed E-state index contributed by atoms with van der Waals surface area (Å²) in [5.41, 5.74) is 7.38. The summed E-state index contributed by atoms with van der Waals surface area (Å²) in [6, 6.07) is 17.5. The Morgan fingerprint density at radius 1 is 1.17 bits per heavy atom. The third kappa shape index (κ3) is 5.96. The second kappa shape index (κ2) is 9.22. The molecule has 0 heterocycles. The predicted octanol–water partition coefficient (Wildman–Crippen LogP) is 3.28. The van der Waals surface area contributed by atoms with E-state index >= 15 is 0 Å². The maximum atomic E-state index is 12.2. The van der Waals surface area contributed by atoms with Crippen molar-refractivity contribution < 1.29 is 9.53 Å². The van der Waals surface area contributed by atoms with Crippen molar-refractivity contribution in [2.45, 2.75) is 17.9 Å². The summed E-state index contributed by atoms with van der Waals surface area (Å²) in [5.74, 6) is 1.57. The molecular weight excluding hydrogens is 308 g/mol. The molecule has 0 spiro atoms. The molecule has 2 aromatic rings. The number of benzene rings is 2. The Balaban J connectivity index is 1.81. The van der Waals surface area contributed by atoms with Crippen LogP contribution in [0.15, 0.2) is 54.6 Å². The highest BCUT2D eigenvalue weighted by Crippen LogP contribution is 2.20. The molecule has 0 saturated carbocycles. The maximum absolute atomic E-state index is 12.2. The Hall–Kier alpha value is -1.98. The van der Waals surface area contributed by atoms with Crippen LogP contribution in [0.3, 0.4) is 0 Å². The summed E-state index contributed by atoms with van der Waals surface area (Å²) < 4.78 is 5.41. The van der Waals surface area contributed by atoms with Crippen molar-refractivity contribution in [3.05, 3.63) is 60.2 Å². The van der Waals surface area contributed by atoms with Gasteiger partial charge in [0, 0.05) is 18.0 Å². The molecule has 122 valence electrons. The molecule has 0 aliphatic carbocycles. The van der Waals surface area contributed by atoms with Gasteiger partial charge in [-0.1, -0.05) is 30.3 Å². The quantitative estimate of drug-likeness (QED) is 0.779. The van der Waals surface area contributed by atoms with Crippen molar-refractivity contribution in [1.29, 1.82) is 0 Å². The van der Waals surface area contributed by atoms with Gasteiger partial charge in [0.2, 0.25) is 5.91 Å². The van der Waals surface area contributed by atoms with Crippen molar-refractivity contribution in [2.75, 3.05) is 18.5 Å². The van der Waals surface area contributed by atoms with E-state index < -0.39 is 0 Å². The summed E-state index contributed by atoms with van der Waals surface area (Å²) in [6.07, 6.45) is 0. The number of hydrogen-bond acceptors (Lipinski definition) is 4. The number of hydrogen-bond donors (Lipinski definition) is 2. The third-order valence-electron chi connectivity index (χ3n) is 3.22. The van der Waals surface area contributed by atoms with Crippen LogP contribution >= 0.6 is 11.8 Å². The molecule has 1 unspecified atom stereocenters. The van der Waals surface area contributed by atoms with E-state index in [0.29, 0.717) is 13.2 Å². The van der Waals surface area contributed by atoms with Gasteiger partial charge < -0.3 is 15.8 Å². The molecule has 0 aliphatic rings. The molecule has 0 fully saturated rings. The SMILES string of the molecule is CC(SCc1ccccc1)C(=O)Nc1ccc(OCCN)cc1. The highest BCUT2D eigenvalue weighted by Gasteiger charge is 2.13. The lowest BCUT2D eigenvalue weighted by molar-refractivity contribution is -0.115. The molecule has 23 heavy (non-hydrogen) atoms. The molecule has 0 bridgehead atoms. The molecule has 2 aromatic carbocycles. The lowest BCUT2D eigenvalue weighted by Crippen LogP contribution is -2.22. The molecule has 0 saturated heterocycles. The zero-order valence-corrected chi connectivity index (χ0v) is 14.0. The average molecular weight is 330 g/mol. The van der Waals surface area contributed by atoms with Crippen LogP contribution in [0.2, 0.25) is 0 Å². The van der Waals surface area contributed by atoms with E-state index in [4.69, 9.17) is 10.5 Å². The molecular formula is C18H22N2O2S. The third-order valence-corrected chi connectivity index (χ3v) is 4.43. The zero-order valence-electron chi connectivity index (χ0n) is 13.2. The average Bonchev–Trinajstić information content (AvgIpc) is 2.60. The molecule has 4 nitrogen and oxygen atoms in total. The number of thioether (sulfide) groups is 1. The Bertz CT molecular complexity index is 602. The van der Waals surface area contributed by atoms with Crippen LogP contribution in [0, 0.1) is 0 Å². The number of amides is 1. The molecule has 5 heteroatoms. The first kappa shape index (κ1) is 17.4. The van der Waals surface area contributed by atoms with Gasteiger partial charge in [0.05, 0.1) is 5.25 Å². The van der Waals surface area contributed by atoms with E-state index in [1.54, 1.807) is 11.8 Å². The van der Waals surface area contributed by atoms with Crippen LogP contribution in [0.1, 0.15) is 12.5 Å². The van der Waals surface area contributed by atoms with Gasteiger partial charge in [-0.05, 0) is 36.8 Å². The minimum atomic E-state index is -0.122. The number of ether oxygens (including phenoxy) is 1. The number of rotatable bonds is 8. The predicted molar refractivity (Wildman–Crippen MR) is 96.8 cm³/mol. The normalized spacial score (nSPS) is 11.7. The second-order valence-corrected chi connectivity index (χ2v) is 6.42. The monoisotopic (exact) mass is 330 g/mol. The number of carbonyl (C=O) groups is 1. The van der Waals surface area contributed by atoms with Crippen LogP contribution in [0.5, 0.6) is 5.75 Å². The van der Waals surface area contributed by atoms with Crippen molar-refractivity contribution in [3.8, 4) is 5.75 Å². The summed E-state index contributed by atoms with van der Waals surface area (Å²) in [5, 5.41) is 2.80. The Labute approximate surface area is 141 Å². The van der Waals surface area contributed by atoms with Gasteiger partial charge in [0.15, 0.2) is 0 Å². The fourth-order valence-corrected chi connectivity index (χ4v) is 2.77. The largest absolute Gasteiger partial charge is 0.492 e. The van der Waals surface area contributed by atoms with E-state index in [-0.39, 0.29) is 11.2 Å². The van der Waals surface area contributed by atoms with E-state index in [1.165, 1.54) is 5.56 Å². The second-order valence-electron chi connectivity index (χ2n) is 5.09. The van der Waals surface area contributed by atoms with E-state index in [9.17, 15) is 4.79 Å². The van der Waals surface area contributed by atoms with Crippen LogP contribution < -0.4 is 15.8 Å². The van der Waals surface area contributed by atoms with Crippen LogP contribution in [-0.4, -0.2) is 24.3 Å². The first-order valence-electron chi connectivity index (χ1n) is 7.58. The van der Waals surface area contributed by atoms with Gasteiger partial charge in [-0.25, -0.2) is 0 Å². The standard InChI is InChI=1S/C18H22N2O2S/c1-14(23-13-15-5-3-2-4-6-15)18(21)20-16-7-9-17(10-8-16)22-12-11-19/h2-10,14H,11-13,19H2,1H3,(H,20,21). The molecule has 0 aromatic heterocycles. The van der Waals surface area contributed by atoms with Crippen molar-refractivity contribution in [1.82, 2.24) is 0 Å². The van der Waals surface area contributed by atoms with Crippen molar-refractivity contribution in [2.24, 2.45) is 5.73 Å². The number of nitrogens with one attached hydrogen (secondary N) is 1. The smallest absolute Gasteiger partial charge is 0.237 e. The molecule has 1 atom stereocenters. The Morgan fingerprint density at radius 2 is 1.87 bits per heavy atom. The topological polar surface area (TPSA) is 64.3 Å². The van der Waals surface area contributed by atoms with Gasteiger partial charge in [0.1, 0.15) is 12.4 Å². The number of carbonyl (C=O) groups excluding carboxylic acids is 1. The van der Waals surface area contributed by atoms with E-state index in [1.807, 2.05) is 49.4 Å². The molecule has 0 aliphatic heterocycles. The van der Waals surface area contributed by atoms with Gasteiger partial charge >= 0.3 is 0 Å². The van der Waals surface area contributed by atoms with E-state index in [0.717, 1.165) is 17.2 Å². The zero-order chi connectivity index (χ0) is 16.5. The van der Waals surface area contributed by atoms with Crippen LogP contribution in [0.4, 0.5) is 5.69 Å². The summed E-state index contributed by atoms with van der Waals surface area (Å²) >= 11 is 1.62. The number of nitrogens with two attached hydrogens (primary N) is 1. The Morgan fingerprint density at radius 3 is 2.52 bits per heavy atom. The highest BCUT2D eigenvalue weighted by molar-refractivity contribution is 7.99. The fourth-order valence-electron chi connectivity index (χ4n) is 1.93. The fraction of sp³-hybridized carbons (Fsp3) is 0.278. The molecule has 3 N–H and O–H groups in total. The number of anilines is 1. The lowest BCUT2D eigenvalue weighted by atomic mass is 10.2. The molecule has 1 amide bonds. The van der Waals surface area contributed by atoms with Crippen molar-refractivity contribution >= 4 is 23.4 Å². The van der Waals surface area contributed by atoms with Gasteiger partial charge in [0.25, 0.3) is 0 Å². The highest BCUT2D eigenvalue weighted by atomic mass is 32.2. The van der Waals surface area contributed by atoms with Gasteiger partial charge in [-0.3, -0.25) is 4.79 Å². The molecule has 2 rings (SSSR count). The first-order valence-corrected chi connectivity index (χ1v) is 8.63. The first-order chi connectivity index (χ1) is 11.2. The lowest BCUT2D eigenvalue weighted by Gasteiger charge is -2.12. The summed E-state index contributed by atoms with van der Waals surface area (Å²) in [4.78, 5) is 12.2. The summed E-state index contributed by atoms with van der Waals surface area (Å²) in [6.45, 7) is 2.88. The maximum Gasteiger partial charge on any atom is 0.237 e. The summed E-state index contributed by atoms with van der Waals surface area (Å²) in [7, 11) is 0. The minimum Gasteiger partial charge on any atom is -0.492 e. The minimum absolute atomic E-state index is 0.00144. The van der Waals surface area contributed by atoms with Crippen molar-refractivity contribution in [3.63, 3.8) is 0 Å². The molecule has 0 radical (unpaired) electrons. The van der Waals surface area contributed by atoms with Gasteiger partial charge in [-0.2, -0.15) is 0 Å². The van der Waals surface area contributed by atoms with Crippen LogP contribution in [-0.2, 0) is 10.5 Å². The van der Waals surface area contributed by atoms with Gasteiger partial charge in [-0.15, -0.1) is 11.8 Å². The van der Waals surface area contributed by atoms with Crippen LogP contribution in [0.25, 0.3) is 0 Å². The Kier molecular flexibility index (Phi) is 6.97.